The first-order valence-corrected chi connectivity index (χ1v) is 6.59. The lowest BCUT2D eigenvalue weighted by Gasteiger charge is -2.07. The van der Waals surface area contributed by atoms with Gasteiger partial charge in [-0.25, -0.2) is 0 Å². The van der Waals surface area contributed by atoms with Gasteiger partial charge in [-0.05, 0) is 12.1 Å². The van der Waals surface area contributed by atoms with Crippen LogP contribution in [-0.4, -0.2) is 16.7 Å². The molecule has 3 nitrogen and oxygen atoms in total. The van der Waals surface area contributed by atoms with Crippen molar-refractivity contribution in [2.24, 2.45) is 7.05 Å². The number of para-hydroxylation sites is 1. The molecule has 0 saturated carbocycles. The zero-order valence-corrected chi connectivity index (χ0v) is 11.4. The molecule has 0 aliphatic heterocycles. The Bertz CT molecular complexity index is 953. The van der Waals surface area contributed by atoms with E-state index < -0.39 is 0 Å². The minimum absolute atomic E-state index is 0.890. The van der Waals surface area contributed by atoms with Crippen molar-refractivity contribution >= 4 is 32.6 Å². The average molecular weight is 262 g/mol. The van der Waals surface area contributed by atoms with Gasteiger partial charge in [0.15, 0.2) is 0 Å². The average Bonchev–Trinajstić information content (AvgIpc) is 2.80. The maximum atomic E-state index is 5.55. The summed E-state index contributed by atoms with van der Waals surface area (Å²) in [4.78, 5) is 4.29. The zero-order valence-electron chi connectivity index (χ0n) is 11.4. The number of fused-ring (bicyclic) bond motifs is 5. The van der Waals surface area contributed by atoms with E-state index in [0.29, 0.717) is 0 Å². The van der Waals surface area contributed by atoms with E-state index >= 15 is 0 Å². The molecule has 0 N–H and O–H groups in total. The van der Waals surface area contributed by atoms with Crippen LogP contribution in [0.15, 0.2) is 48.8 Å². The van der Waals surface area contributed by atoms with E-state index in [9.17, 15) is 0 Å². The Kier molecular flexibility index (Phi) is 2.24. The molecule has 2 heterocycles. The Labute approximate surface area is 116 Å². The van der Waals surface area contributed by atoms with Gasteiger partial charge in [0.2, 0.25) is 0 Å². The minimum atomic E-state index is 0.890. The molecule has 0 aliphatic carbocycles. The summed E-state index contributed by atoms with van der Waals surface area (Å²) in [5.74, 6) is 0.890. The van der Waals surface area contributed by atoms with Crippen LogP contribution in [-0.2, 0) is 7.05 Å². The van der Waals surface area contributed by atoms with Crippen molar-refractivity contribution in [2.75, 3.05) is 7.11 Å². The number of methoxy groups -OCH3 is 1. The van der Waals surface area contributed by atoms with Crippen LogP contribution in [0.5, 0.6) is 5.75 Å². The highest BCUT2D eigenvalue weighted by Gasteiger charge is 2.14. The maximum Gasteiger partial charge on any atom is 0.128 e. The lowest BCUT2D eigenvalue weighted by Crippen LogP contribution is -1.90. The predicted molar refractivity (Wildman–Crippen MR) is 82.3 cm³/mol. The van der Waals surface area contributed by atoms with Crippen LogP contribution in [0, 0.1) is 0 Å². The standard InChI is InChI=1S/C17H14N2O/c1-19-14-6-4-3-5-12(14)17-13-10-18-8-7-11(13)16(20-2)9-15(17)19/h3-10H,1-2H3. The van der Waals surface area contributed by atoms with E-state index in [2.05, 4.69) is 46.9 Å². The van der Waals surface area contributed by atoms with Crippen molar-refractivity contribution in [3.63, 3.8) is 0 Å². The molecule has 2 aromatic carbocycles. The minimum Gasteiger partial charge on any atom is -0.496 e. The highest BCUT2D eigenvalue weighted by atomic mass is 16.5. The van der Waals surface area contributed by atoms with E-state index in [-0.39, 0.29) is 0 Å². The van der Waals surface area contributed by atoms with Crippen LogP contribution >= 0.6 is 0 Å². The van der Waals surface area contributed by atoms with Gasteiger partial charge in [0.05, 0.1) is 12.6 Å². The van der Waals surface area contributed by atoms with Crippen molar-refractivity contribution in [1.82, 2.24) is 9.55 Å². The van der Waals surface area contributed by atoms with E-state index in [4.69, 9.17) is 4.74 Å². The molecular weight excluding hydrogens is 248 g/mol. The Morgan fingerprint density at radius 1 is 1.00 bits per heavy atom. The van der Waals surface area contributed by atoms with Crippen LogP contribution < -0.4 is 4.74 Å². The lowest BCUT2D eigenvalue weighted by atomic mass is 10.0. The molecule has 0 fully saturated rings. The number of aromatic nitrogens is 2. The number of aryl methyl sites for hydroxylation is 1. The molecule has 0 radical (unpaired) electrons. The third-order valence-electron chi connectivity index (χ3n) is 4.00. The number of nitrogens with zero attached hydrogens (tertiary/aromatic N) is 2. The summed E-state index contributed by atoms with van der Waals surface area (Å²) in [7, 11) is 3.80. The largest absolute Gasteiger partial charge is 0.496 e. The van der Waals surface area contributed by atoms with Crippen LogP contribution in [0.3, 0.4) is 0 Å². The zero-order chi connectivity index (χ0) is 13.7. The monoisotopic (exact) mass is 262 g/mol. The summed E-state index contributed by atoms with van der Waals surface area (Å²) < 4.78 is 7.75. The first-order chi connectivity index (χ1) is 9.81. The summed E-state index contributed by atoms with van der Waals surface area (Å²) in [6.07, 6.45) is 3.73. The van der Waals surface area contributed by atoms with Crippen molar-refractivity contribution in [3.8, 4) is 5.75 Å². The number of hydrogen-bond donors (Lipinski definition) is 0. The number of ether oxygens (including phenoxy) is 1. The topological polar surface area (TPSA) is 27.1 Å². The Hall–Kier alpha value is -2.55. The molecule has 98 valence electrons. The fraction of sp³-hybridized carbons (Fsp3) is 0.118. The highest BCUT2D eigenvalue weighted by Crippen LogP contribution is 2.38. The van der Waals surface area contributed by atoms with Gasteiger partial charge in [-0.15, -0.1) is 0 Å². The Morgan fingerprint density at radius 3 is 2.70 bits per heavy atom. The van der Waals surface area contributed by atoms with Crippen LogP contribution in [0.1, 0.15) is 0 Å². The molecule has 0 atom stereocenters. The van der Waals surface area contributed by atoms with Crippen molar-refractivity contribution in [1.29, 1.82) is 0 Å². The van der Waals surface area contributed by atoms with Gasteiger partial charge in [-0.1, -0.05) is 18.2 Å². The van der Waals surface area contributed by atoms with Gasteiger partial charge in [0, 0.05) is 52.6 Å². The van der Waals surface area contributed by atoms with E-state index in [1.807, 2.05) is 18.5 Å². The molecule has 4 aromatic rings. The fourth-order valence-electron chi connectivity index (χ4n) is 3.04. The third kappa shape index (κ3) is 1.32. The SMILES string of the molecule is COc1cc2c(c3cnccc13)c1ccccc1n2C. The molecule has 0 amide bonds. The Morgan fingerprint density at radius 2 is 1.85 bits per heavy atom. The number of hydrogen-bond acceptors (Lipinski definition) is 2. The van der Waals surface area contributed by atoms with E-state index in [0.717, 1.165) is 16.5 Å². The number of benzene rings is 2. The van der Waals surface area contributed by atoms with Crippen molar-refractivity contribution in [2.45, 2.75) is 0 Å². The molecule has 0 saturated heterocycles. The van der Waals surface area contributed by atoms with Gasteiger partial charge in [0.1, 0.15) is 5.75 Å². The van der Waals surface area contributed by atoms with Gasteiger partial charge in [-0.2, -0.15) is 0 Å². The maximum absolute atomic E-state index is 5.55. The van der Waals surface area contributed by atoms with Gasteiger partial charge >= 0.3 is 0 Å². The lowest BCUT2D eigenvalue weighted by molar-refractivity contribution is 0.420. The highest BCUT2D eigenvalue weighted by molar-refractivity contribution is 6.21. The van der Waals surface area contributed by atoms with Crippen molar-refractivity contribution in [3.05, 3.63) is 48.8 Å². The van der Waals surface area contributed by atoms with Gasteiger partial charge in [0.25, 0.3) is 0 Å². The molecule has 0 spiro atoms. The van der Waals surface area contributed by atoms with E-state index in [1.54, 1.807) is 7.11 Å². The summed E-state index contributed by atoms with van der Waals surface area (Å²) in [5.41, 5.74) is 2.39. The first-order valence-electron chi connectivity index (χ1n) is 6.59. The smallest absolute Gasteiger partial charge is 0.128 e. The first kappa shape index (κ1) is 11.3. The van der Waals surface area contributed by atoms with Gasteiger partial charge in [-0.3, -0.25) is 4.98 Å². The summed E-state index contributed by atoms with van der Waals surface area (Å²) in [5, 5.41) is 4.74. The third-order valence-corrected chi connectivity index (χ3v) is 4.00. The molecule has 0 bridgehead atoms. The molecule has 0 aliphatic rings. The Balaban J connectivity index is 2.38. The molecule has 4 rings (SSSR count). The predicted octanol–water partition coefficient (Wildman–Crippen LogP) is 3.89. The molecule has 0 unspecified atom stereocenters. The second-order valence-electron chi connectivity index (χ2n) is 4.97. The molecule has 3 heteroatoms. The fourth-order valence-corrected chi connectivity index (χ4v) is 3.04. The quantitative estimate of drug-likeness (QED) is 0.520. The number of rotatable bonds is 1. The summed E-state index contributed by atoms with van der Waals surface area (Å²) in [6.45, 7) is 0. The van der Waals surface area contributed by atoms with Crippen LogP contribution in [0.2, 0.25) is 0 Å². The molecular formula is C17H14N2O. The second kappa shape index (κ2) is 3.97. The van der Waals surface area contributed by atoms with Crippen LogP contribution in [0.25, 0.3) is 32.6 Å². The number of pyridine rings is 1. The summed E-state index contributed by atoms with van der Waals surface area (Å²) in [6, 6.07) is 12.6. The molecule has 20 heavy (non-hydrogen) atoms. The molecule has 2 aromatic heterocycles. The normalized spacial score (nSPS) is 11.5. The van der Waals surface area contributed by atoms with Crippen LogP contribution in [0.4, 0.5) is 0 Å². The second-order valence-corrected chi connectivity index (χ2v) is 4.97. The van der Waals surface area contributed by atoms with Crippen molar-refractivity contribution < 1.29 is 4.74 Å². The van der Waals surface area contributed by atoms with Gasteiger partial charge < -0.3 is 9.30 Å². The van der Waals surface area contributed by atoms with E-state index in [1.165, 1.54) is 21.8 Å². The summed E-state index contributed by atoms with van der Waals surface area (Å²) >= 11 is 0.